The molecule has 0 aromatic heterocycles. The lowest BCUT2D eigenvalue weighted by Gasteiger charge is -2.29. The van der Waals surface area contributed by atoms with Gasteiger partial charge in [0, 0.05) is 25.4 Å². The van der Waals surface area contributed by atoms with Crippen LogP contribution in [0, 0.1) is 17.2 Å². The normalized spacial score (nSPS) is 18.7. The van der Waals surface area contributed by atoms with Gasteiger partial charge in [0.25, 0.3) is 0 Å². The third kappa shape index (κ3) is 4.40. The molecule has 1 N–H and O–H groups in total. The Bertz CT molecular complexity index is 551. The van der Waals surface area contributed by atoms with E-state index in [2.05, 4.69) is 16.3 Å². The number of rotatable bonds is 5. The molecule has 5 heteroatoms. The highest BCUT2D eigenvalue weighted by Crippen LogP contribution is 2.16. The van der Waals surface area contributed by atoms with Gasteiger partial charge in [-0.2, -0.15) is 5.26 Å². The van der Waals surface area contributed by atoms with Gasteiger partial charge in [-0.25, -0.2) is 0 Å². The molecule has 1 aliphatic heterocycles. The molecule has 1 atom stereocenters. The van der Waals surface area contributed by atoms with Gasteiger partial charge >= 0.3 is 0 Å². The van der Waals surface area contributed by atoms with Gasteiger partial charge in [0.15, 0.2) is 0 Å². The van der Waals surface area contributed by atoms with Gasteiger partial charge in [0.2, 0.25) is 5.91 Å². The van der Waals surface area contributed by atoms with Gasteiger partial charge in [0.05, 0.1) is 11.3 Å². The Hall–Kier alpha value is -2.19. The summed E-state index contributed by atoms with van der Waals surface area (Å²) in [6.07, 6.45) is 3.32. The van der Waals surface area contributed by atoms with Crippen molar-refractivity contribution in [2.75, 3.05) is 25.0 Å². The number of nitriles is 1. The molecule has 0 saturated carbocycles. The van der Waals surface area contributed by atoms with Crippen molar-refractivity contribution in [3.8, 4) is 6.07 Å². The number of carbonyl (C=O) groups is 2. The molecule has 1 fully saturated rings. The van der Waals surface area contributed by atoms with Crippen molar-refractivity contribution in [2.45, 2.75) is 19.3 Å². The monoisotopic (exact) mass is 285 g/mol. The summed E-state index contributed by atoms with van der Waals surface area (Å²) in [4.78, 5) is 24.9. The lowest BCUT2D eigenvalue weighted by atomic mass is 10.00. The average Bonchev–Trinajstić information content (AvgIpc) is 2.53. The molecular weight excluding hydrogens is 266 g/mol. The van der Waals surface area contributed by atoms with Crippen molar-refractivity contribution in [1.82, 2.24) is 4.90 Å². The van der Waals surface area contributed by atoms with E-state index >= 15 is 0 Å². The highest BCUT2D eigenvalue weighted by Gasteiger charge is 2.19. The maximum Gasteiger partial charge on any atom is 0.225 e. The Kier molecular flexibility index (Phi) is 5.47. The van der Waals surface area contributed by atoms with E-state index in [-0.39, 0.29) is 11.8 Å². The lowest BCUT2D eigenvalue weighted by molar-refractivity contribution is -0.116. The third-order valence-electron chi connectivity index (χ3n) is 3.71. The maximum atomic E-state index is 12.0. The van der Waals surface area contributed by atoms with Crippen LogP contribution in [0.2, 0.25) is 0 Å². The zero-order valence-electron chi connectivity index (χ0n) is 11.9. The highest BCUT2D eigenvalue weighted by molar-refractivity contribution is 5.92. The van der Waals surface area contributed by atoms with Crippen LogP contribution in [0.4, 0.5) is 5.69 Å². The molecule has 0 spiro atoms. The molecule has 2 rings (SSSR count). The fourth-order valence-corrected chi connectivity index (χ4v) is 2.57. The number of nitrogens with zero attached hydrogens (tertiary/aromatic N) is 2. The van der Waals surface area contributed by atoms with Crippen molar-refractivity contribution >= 4 is 17.9 Å². The summed E-state index contributed by atoms with van der Waals surface area (Å²) >= 11 is 0. The molecule has 1 aromatic carbocycles. The van der Waals surface area contributed by atoms with Crippen LogP contribution >= 0.6 is 0 Å². The molecular formula is C16H19N3O2. The van der Waals surface area contributed by atoms with Gasteiger partial charge in [-0.3, -0.25) is 4.79 Å². The van der Waals surface area contributed by atoms with Gasteiger partial charge in [-0.15, -0.1) is 0 Å². The summed E-state index contributed by atoms with van der Waals surface area (Å²) in [6.45, 7) is 2.32. The summed E-state index contributed by atoms with van der Waals surface area (Å²) in [7, 11) is 0. The highest BCUT2D eigenvalue weighted by atomic mass is 16.1. The number of aldehydes is 1. The second kappa shape index (κ2) is 7.55. The number of amides is 1. The first kappa shape index (κ1) is 15.2. The van der Waals surface area contributed by atoms with Crippen LogP contribution < -0.4 is 5.32 Å². The van der Waals surface area contributed by atoms with E-state index < -0.39 is 0 Å². The second-order valence-electron chi connectivity index (χ2n) is 5.29. The molecule has 1 heterocycles. The molecule has 1 amide bonds. The van der Waals surface area contributed by atoms with Crippen molar-refractivity contribution in [3.05, 3.63) is 29.8 Å². The molecule has 5 nitrogen and oxygen atoms in total. The lowest BCUT2D eigenvalue weighted by Crippen LogP contribution is -2.37. The molecule has 1 saturated heterocycles. The van der Waals surface area contributed by atoms with Gasteiger partial charge in [0.1, 0.15) is 12.4 Å². The fourth-order valence-electron chi connectivity index (χ4n) is 2.57. The van der Waals surface area contributed by atoms with E-state index in [0.717, 1.165) is 32.2 Å². The van der Waals surface area contributed by atoms with E-state index in [9.17, 15) is 9.59 Å². The predicted molar refractivity (Wildman–Crippen MR) is 79.6 cm³/mol. The standard InChI is InChI=1S/C16H19N3O2/c17-10-14-5-1-2-6-15(14)18-16(21)7-9-19-8-3-4-13(11-19)12-20/h1-2,5-6,12-13H,3-4,7-9,11H2,(H,18,21). The van der Waals surface area contributed by atoms with Crippen LogP contribution in [-0.4, -0.2) is 36.7 Å². The number of nitrogens with one attached hydrogen (secondary N) is 1. The van der Waals surface area contributed by atoms with E-state index in [1.807, 2.05) is 0 Å². The molecule has 1 unspecified atom stereocenters. The average molecular weight is 285 g/mol. The number of benzene rings is 1. The van der Waals surface area contributed by atoms with Crippen LogP contribution in [0.5, 0.6) is 0 Å². The summed E-state index contributed by atoms with van der Waals surface area (Å²) < 4.78 is 0. The minimum absolute atomic E-state index is 0.0983. The Balaban J connectivity index is 1.82. The quantitative estimate of drug-likeness (QED) is 0.837. The zero-order chi connectivity index (χ0) is 15.1. The minimum atomic E-state index is -0.106. The molecule has 1 aliphatic rings. The number of hydrogen-bond donors (Lipinski definition) is 1. The molecule has 110 valence electrons. The minimum Gasteiger partial charge on any atom is -0.325 e. The SMILES string of the molecule is N#Cc1ccccc1NC(=O)CCN1CCCC(C=O)C1. The number of piperidine rings is 1. The van der Waals surface area contributed by atoms with E-state index in [4.69, 9.17) is 5.26 Å². The predicted octanol–water partition coefficient (Wildman–Crippen LogP) is 1.80. The van der Waals surface area contributed by atoms with Crippen molar-refractivity contribution < 1.29 is 9.59 Å². The van der Waals surface area contributed by atoms with Crippen LogP contribution in [0.3, 0.4) is 0 Å². The van der Waals surface area contributed by atoms with Crippen LogP contribution in [-0.2, 0) is 9.59 Å². The van der Waals surface area contributed by atoms with Gasteiger partial charge < -0.3 is 15.0 Å². The van der Waals surface area contributed by atoms with Crippen LogP contribution in [0.25, 0.3) is 0 Å². The fraction of sp³-hybridized carbons (Fsp3) is 0.438. The first-order chi connectivity index (χ1) is 10.2. The number of hydrogen-bond acceptors (Lipinski definition) is 4. The second-order valence-corrected chi connectivity index (χ2v) is 5.29. The molecule has 0 radical (unpaired) electrons. The number of para-hydroxylation sites is 1. The number of likely N-dealkylation sites (tertiary alicyclic amines) is 1. The summed E-state index contributed by atoms with van der Waals surface area (Å²) in [6, 6.07) is 9.01. The number of anilines is 1. The third-order valence-corrected chi connectivity index (χ3v) is 3.71. The van der Waals surface area contributed by atoms with Gasteiger partial charge in [-0.1, -0.05) is 12.1 Å². The topological polar surface area (TPSA) is 73.2 Å². The Morgan fingerprint density at radius 2 is 2.29 bits per heavy atom. The largest absolute Gasteiger partial charge is 0.325 e. The summed E-state index contributed by atoms with van der Waals surface area (Å²) in [5, 5.41) is 11.7. The van der Waals surface area contributed by atoms with E-state index in [1.165, 1.54) is 0 Å². The Labute approximate surface area is 124 Å². The molecule has 1 aromatic rings. The Morgan fingerprint density at radius 1 is 1.48 bits per heavy atom. The van der Waals surface area contributed by atoms with E-state index in [0.29, 0.717) is 24.2 Å². The first-order valence-electron chi connectivity index (χ1n) is 7.19. The summed E-state index contributed by atoms with van der Waals surface area (Å²) in [5.41, 5.74) is 1.01. The maximum absolute atomic E-state index is 12.0. The molecule has 0 aliphatic carbocycles. The van der Waals surface area contributed by atoms with Crippen molar-refractivity contribution in [2.24, 2.45) is 5.92 Å². The van der Waals surface area contributed by atoms with Crippen molar-refractivity contribution in [3.63, 3.8) is 0 Å². The van der Waals surface area contributed by atoms with Crippen LogP contribution in [0.1, 0.15) is 24.8 Å². The molecule has 0 bridgehead atoms. The Morgan fingerprint density at radius 3 is 3.05 bits per heavy atom. The van der Waals surface area contributed by atoms with E-state index in [1.54, 1.807) is 24.3 Å². The summed E-state index contributed by atoms with van der Waals surface area (Å²) in [5.74, 6) is -0.00736. The van der Waals surface area contributed by atoms with Gasteiger partial charge in [-0.05, 0) is 31.5 Å². The first-order valence-corrected chi connectivity index (χ1v) is 7.19. The molecule has 21 heavy (non-hydrogen) atoms. The smallest absolute Gasteiger partial charge is 0.225 e. The number of carbonyl (C=O) groups excluding carboxylic acids is 2. The van der Waals surface area contributed by atoms with Crippen molar-refractivity contribution in [1.29, 1.82) is 5.26 Å². The van der Waals surface area contributed by atoms with Crippen LogP contribution in [0.15, 0.2) is 24.3 Å². The zero-order valence-corrected chi connectivity index (χ0v) is 11.9.